The number of rotatable bonds is 4. The first kappa shape index (κ1) is 26.2. The van der Waals surface area contributed by atoms with Crippen LogP contribution in [-0.2, 0) is 4.79 Å². The second-order valence-corrected chi connectivity index (χ2v) is 10.9. The normalized spacial score (nSPS) is 16.0. The van der Waals surface area contributed by atoms with E-state index in [1.807, 2.05) is 32.0 Å². The van der Waals surface area contributed by atoms with Crippen LogP contribution in [0.5, 0.6) is 23.4 Å². The van der Waals surface area contributed by atoms with Crippen LogP contribution in [0.2, 0.25) is 15.1 Å². The molecule has 38 heavy (non-hydrogen) atoms. The molecular formula is C28H23Cl3N2O5. The molecule has 4 aromatic rings. The van der Waals surface area contributed by atoms with Crippen molar-refractivity contribution in [2.75, 3.05) is 0 Å². The van der Waals surface area contributed by atoms with Crippen molar-refractivity contribution >= 4 is 40.8 Å². The number of fused-ring (bicyclic) bond motifs is 1. The number of benzene rings is 2. The minimum atomic E-state index is -0.724. The number of pyridine rings is 1. The number of halogens is 3. The van der Waals surface area contributed by atoms with Gasteiger partial charge in [-0.05, 0) is 55.8 Å². The van der Waals surface area contributed by atoms with Crippen molar-refractivity contribution in [1.29, 1.82) is 0 Å². The standard InChI is InChI=1S/C28H23Cl3N2O5/c1-14(34)37-23-12-24(35)33(27(23)36)22-13-28(2,3)38-26-20(22)11-19(15-4-6-16(29)7-5-15)25(32-26)18-9-8-17(30)10-21(18)31/h4-12,22,35-36H,13H2,1-3H3. The maximum atomic E-state index is 11.5. The van der Waals surface area contributed by atoms with Gasteiger partial charge in [0.2, 0.25) is 11.8 Å². The average Bonchev–Trinajstić information content (AvgIpc) is 3.10. The summed E-state index contributed by atoms with van der Waals surface area (Å²) in [6, 6.07) is 14.9. The van der Waals surface area contributed by atoms with Crippen molar-refractivity contribution < 1.29 is 24.5 Å². The molecule has 2 aromatic heterocycles. The largest absolute Gasteiger partial charge is 0.494 e. The van der Waals surface area contributed by atoms with Crippen LogP contribution in [0, 0.1) is 0 Å². The molecule has 196 valence electrons. The van der Waals surface area contributed by atoms with Crippen molar-refractivity contribution in [1.82, 2.24) is 9.55 Å². The van der Waals surface area contributed by atoms with Gasteiger partial charge in [-0.3, -0.25) is 9.36 Å². The van der Waals surface area contributed by atoms with Gasteiger partial charge in [0.15, 0.2) is 11.6 Å². The van der Waals surface area contributed by atoms with Crippen LogP contribution in [-0.4, -0.2) is 31.3 Å². The molecule has 0 saturated carbocycles. The first-order chi connectivity index (χ1) is 17.9. The fourth-order valence-corrected chi connectivity index (χ4v) is 5.32. The number of aromatic hydroxyl groups is 2. The maximum absolute atomic E-state index is 11.5. The van der Waals surface area contributed by atoms with Gasteiger partial charge in [0.25, 0.3) is 0 Å². The summed E-state index contributed by atoms with van der Waals surface area (Å²) >= 11 is 18.9. The van der Waals surface area contributed by atoms with Crippen LogP contribution >= 0.6 is 34.8 Å². The number of esters is 1. The van der Waals surface area contributed by atoms with E-state index in [0.717, 1.165) is 11.1 Å². The number of carbonyl (C=O) groups excluding carboxylic acids is 1. The summed E-state index contributed by atoms with van der Waals surface area (Å²) in [6.07, 6.45) is 0.373. The number of hydrogen-bond donors (Lipinski definition) is 2. The zero-order chi connectivity index (χ0) is 27.4. The Morgan fingerprint density at radius 2 is 1.71 bits per heavy atom. The zero-order valence-corrected chi connectivity index (χ0v) is 22.9. The second kappa shape index (κ2) is 9.73. The van der Waals surface area contributed by atoms with E-state index in [4.69, 9.17) is 49.3 Å². The van der Waals surface area contributed by atoms with Crippen LogP contribution in [0.15, 0.2) is 54.6 Å². The number of hydrogen-bond acceptors (Lipinski definition) is 6. The first-order valence-electron chi connectivity index (χ1n) is 11.7. The fraction of sp³-hybridized carbons (Fsp3) is 0.214. The number of carbonyl (C=O) groups is 1. The zero-order valence-electron chi connectivity index (χ0n) is 20.6. The van der Waals surface area contributed by atoms with Crippen molar-refractivity contribution in [3.05, 3.63) is 75.2 Å². The highest BCUT2D eigenvalue weighted by Crippen LogP contribution is 2.50. The Hall–Kier alpha value is -3.39. The molecule has 1 aliphatic heterocycles. The van der Waals surface area contributed by atoms with E-state index < -0.39 is 17.6 Å². The highest BCUT2D eigenvalue weighted by Gasteiger charge is 2.39. The summed E-state index contributed by atoms with van der Waals surface area (Å²) in [6.45, 7) is 4.99. The summed E-state index contributed by atoms with van der Waals surface area (Å²) in [7, 11) is 0. The fourth-order valence-electron chi connectivity index (χ4n) is 4.69. The summed E-state index contributed by atoms with van der Waals surface area (Å²) in [5, 5.41) is 23.2. The Kier molecular flexibility index (Phi) is 6.71. The monoisotopic (exact) mass is 572 g/mol. The Bertz CT molecular complexity index is 1560. The molecule has 0 saturated heterocycles. The minimum Gasteiger partial charge on any atom is -0.494 e. The average molecular weight is 574 g/mol. The predicted octanol–water partition coefficient (Wildman–Crippen LogP) is 7.66. The van der Waals surface area contributed by atoms with Gasteiger partial charge in [-0.15, -0.1) is 0 Å². The van der Waals surface area contributed by atoms with E-state index in [0.29, 0.717) is 44.2 Å². The molecule has 3 heterocycles. The molecule has 5 rings (SSSR count). The van der Waals surface area contributed by atoms with E-state index in [1.165, 1.54) is 17.6 Å². The Morgan fingerprint density at radius 3 is 2.37 bits per heavy atom. The van der Waals surface area contributed by atoms with Crippen molar-refractivity contribution in [3.63, 3.8) is 0 Å². The lowest BCUT2D eigenvalue weighted by molar-refractivity contribution is -0.132. The van der Waals surface area contributed by atoms with Gasteiger partial charge in [0, 0.05) is 46.1 Å². The van der Waals surface area contributed by atoms with Crippen LogP contribution in [0.25, 0.3) is 22.4 Å². The smallest absolute Gasteiger partial charge is 0.308 e. The van der Waals surface area contributed by atoms with Crippen molar-refractivity contribution in [3.8, 4) is 45.8 Å². The molecule has 0 amide bonds. The first-order valence-corrected chi connectivity index (χ1v) is 12.8. The van der Waals surface area contributed by atoms with Gasteiger partial charge in [-0.25, -0.2) is 4.98 Å². The summed E-state index contributed by atoms with van der Waals surface area (Å²) in [5.41, 5.74) is 2.64. The van der Waals surface area contributed by atoms with Gasteiger partial charge in [-0.1, -0.05) is 46.9 Å². The molecule has 1 aliphatic rings. The van der Waals surface area contributed by atoms with Crippen LogP contribution in [0.4, 0.5) is 0 Å². The third-order valence-electron chi connectivity index (χ3n) is 6.29. The third kappa shape index (κ3) is 4.89. The van der Waals surface area contributed by atoms with E-state index in [2.05, 4.69) is 0 Å². The minimum absolute atomic E-state index is 0.142. The molecule has 1 atom stereocenters. The molecule has 0 bridgehead atoms. The second-order valence-electron chi connectivity index (χ2n) is 9.65. The molecule has 2 aromatic carbocycles. The van der Waals surface area contributed by atoms with E-state index in [9.17, 15) is 15.0 Å². The van der Waals surface area contributed by atoms with Gasteiger partial charge in [0.05, 0.1) is 16.8 Å². The Labute approximate surface area is 234 Å². The highest BCUT2D eigenvalue weighted by atomic mass is 35.5. The Balaban J connectivity index is 1.77. The quantitative estimate of drug-likeness (QED) is 0.243. The molecule has 7 nitrogen and oxygen atoms in total. The molecule has 1 unspecified atom stereocenters. The topological polar surface area (TPSA) is 93.8 Å². The number of ether oxygens (including phenoxy) is 2. The van der Waals surface area contributed by atoms with E-state index >= 15 is 0 Å². The molecule has 10 heteroatoms. The SMILES string of the molecule is CC(=O)Oc1cc(O)n(C2CC(C)(C)Oc3nc(-c4ccc(Cl)cc4Cl)c(-c4ccc(Cl)cc4)cc32)c1O. The lowest BCUT2D eigenvalue weighted by Crippen LogP contribution is -2.37. The highest BCUT2D eigenvalue weighted by molar-refractivity contribution is 6.36. The van der Waals surface area contributed by atoms with Gasteiger partial charge < -0.3 is 19.7 Å². The van der Waals surface area contributed by atoms with Crippen LogP contribution in [0.3, 0.4) is 0 Å². The molecule has 0 aliphatic carbocycles. The van der Waals surface area contributed by atoms with Crippen molar-refractivity contribution in [2.45, 2.75) is 38.8 Å². The van der Waals surface area contributed by atoms with Gasteiger partial charge in [0.1, 0.15) is 5.60 Å². The van der Waals surface area contributed by atoms with Gasteiger partial charge >= 0.3 is 5.97 Å². The van der Waals surface area contributed by atoms with Crippen LogP contribution in [0.1, 0.15) is 38.8 Å². The van der Waals surface area contributed by atoms with Crippen molar-refractivity contribution in [2.24, 2.45) is 0 Å². The summed E-state index contributed by atoms with van der Waals surface area (Å²) < 4.78 is 12.7. The molecule has 0 radical (unpaired) electrons. The molecular weight excluding hydrogens is 551 g/mol. The number of nitrogens with zero attached hydrogens (tertiary/aromatic N) is 2. The molecule has 0 spiro atoms. The van der Waals surface area contributed by atoms with E-state index in [1.54, 1.807) is 30.3 Å². The lowest BCUT2D eigenvalue weighted by atomic mass is 9.88. The maximum Gasteiger partial charge on any atom is 0.308 e. The Morgan fingerprint density at radius 1 is 1.03 bits per heavy atom. The lowest BCUT2D eigenvalue weighted by Gasteiger charge is -2.38. The summed E-state index contributed by atoms with van der Waals surface area (Å²) in [5.74, 6) is -1.11. The third-order valence-corrected chi connectivity index (χ3v) is 7.09. The summed E-state index contributed by atoms with van der Waals surface area (Å²) in [4.78, 5) is 16.4. The molecule has 0 fully saturated rings. The van der Waals surface area contributed by atoms with Crippen LogP contribution < -0.4 is 9.47 Å². The van der Waals surface area contributed by atoms with E-state index in [-0.39, 0.29) is 17.5 Å². The van der Waals surface area contributed by atoms with Gasteiger partial charge in [-0.2, -0.15) is 0 Å². The predicted molar refractivity (Wildman–Crippen MR) is 147 cm³/mol. The number of aromatic nitrogens is 2. The molecule has 2 N–H and O–H groups in total.